The molecule has 0 saturated carbocycles. The van der Waals surface area contributed by atoms with Crippen molar-refractivity contribution in [2.24, 2.45) is 11.5 Å². The van der Waals surface area contributed by atoms with Crippen LogP contribution in [0.4, 0.5) is 0 Å². The van der Waals surface area contributed by atoms with Gasteiger partial charge in [0.15, 0.2) is 0 Å². The van der Waals surface area contributed by atoms with Crippen LogP contribution in [0.25, 0.3) is 0 Å². The lowest BCUT2D eigenvalue weighted by Gasteiger charge is -2.13. The topological polar surface area (TPSA) is 76.1 Å². The molecular weight excluding hydrogens is 260 g/mol. The zero-order valence-corrected chi connectivity index (χ0v) is 14.5. The second kappa shape index (κ2) is 16.2. The van der Waals surface area contributed by atoms with Gasteiger partial charge in [-0.3, -0.25) is 0 Å². The molecule has 0 aliphatic rings. The largest absolute Gasteiger partial charge is 0.328 e. The van der Waals surface area contributed by atoms with Crippen molar-refractivity contribution in [2.45, 2.75) is 83.7 Å². The second-order valence-electron chi connectivity index (χ2n) is 6.15. The summed E-state index contributed by atoms with van der Waals surface area (Å²) in [6, 6.07) is 0.773. The van der Waals surface area contributed by atoms with Gasteiger partial charge in [-0.1, -0.05) is 33.1 Å². The Bertz CT molecular complexity index is 179. The summed E-state index contributed by atoms with van der Waals surface area (Å²) in [4.78, 5) is 0. The first-order valence-corrected chi connectivity index (χ1v) is 9.13. The minimum atomic E-state index is 0.387. The van der Waals surface area contributed by atoms with E-state index in [1.165, 1.54) is 44.9 Å². The Kier molecular flexibility index (Phi) is 16.1. The molecule has 4 nitrogen and oxygen atoms in total. The van der Waals surface area contributed by atoms with E-state index in [-0.39, 0.29) is 0 Å². The highest BCUT2D eigenvalue weighted by atomic mass is 14.8. The van der Waals surface area contributed by atoms with E-state index < -0.39 is 0 Å². The van der Waals surface area contributed by atoms with E-state index in [0.717, 1.165) is 39.0 Å². The smallest absolute Gasteiger partial charge is 0.00393 e. The van der Waals surface area contributed by atoms with Gasteiger partial charge < -0.3 is 22.1 Å². The lowest BCUT2D eigenvalue weighted by molar-refractivity contribution is 0.470. The third-order valence-electron chi connectivity index (χ3n) is 4.01. The number of unbranched alkanes of at least 4 members (excludes halogenated alkanes) is 2. The highest BCUT2D eigenvalue weighted by Gasteiger charge is 2.04. The predicted molar refractivity (Wildman–Crippen MR) is 94.6 cm³/mol. The predicted octanol–water partition coefficient (Wildman–Crippen LogP) is 2.37. The fourth-order valence-corrected chi connectivity index (χ4v) is 2.61. The minimum Gasteiger partial charge on any atom is -0.328 e. The first-order chi connectivity index (χ1) is 10.2. The highest BCUT2D eigenvalue weighted by Crippen LogP contribution is 2.10. The Hall–Kier alpha value is -0.160. The normalized spacial score (nSPS) is 14.3. The quantitative estimate of drug-likeness (QED) is 0.330. The standard InChI is InChI=1S/C17H40N4/c1-3-20-14-8-12-16(18)10-6-5-7-11-17(19)13-9-15-21-4-2/h16-17,20-21H,3-15,18-19H2,1-2H3. The van der Waals surface area contributed by atoms with Crippen molar-refractivity contribution >= 4 is 0 Å². The maximum atomic E-state index is 6.13. The zero-order valence-electron chi connectivity index (χ0n) is 14.5. The van der Waals surface area contributed by atoms with Crippen LogP contribution in [-0.2, 0) is 0 Å². The van der Waals surface area contributed by atoms with Crippen molar-refractivity contribution in [1.29, 1.82) is 0 Å². The van der Waals surface area contributed by atoms with Gasteiger partial charge in [0.25, 0.3) is 0 Å². The maximum absolute atomic E-state index is 6.13. The lowest BCUT2D eigenvalue weighted by atomic mass is 10.0. The van der Waals surface area contributed by atoms with Gasteiger partial charge in [0.2, 0.25) is 0 Å². The molecule has 0 bridgehead atoms. The Labute approximate surface area is 132 Å². The fourth-order valence-electron chi connectivity index (χ4n) is 2.61. The minimum absolute atomic E-state index is 0.387. The Balaban J connectivity index is 3.26. The monoisotopic (exact) mass is 300 g/mol. The Morgan fingerprint density at radius 1 is 0.619 bits per heavy atom. The van der Waals surface area contributed by atoms with Crippen LogP contribution < -0.4 is 22.1 Å². The summed E-state index contributed by atoms with van der Waals surface area (Å²) in [5.41, 5.74) is 12.3. The molecule has 0 aliphatic heterocycles. The van der Waals surface area contributed by atoms with Crippen molar-refractivity contribution in [3.63, 3.8) is 0 Å². The van der Waals surface area contributed by atoms with E-state index >= 15 is 0 Å². The van der Waals surface area contributed by atoms with Crippen LogP contribution in [0, 0.1) is 0 Å². The molecule has 0 aromatic rings. The van der Waals surface area contributed by atoms with Gasteiger partial charge in [-0.2, -0.15) is 0 Å². The zero-order chi connectivity index (χ0) is 15.8. The summed E-state index contributed by atoms with van der Waals surface area (Å²) >= 11 is 0. The number of hydrogen-bond donors (Lipinski definition) is 4. The summed E-state index contributed by atoms with van der Waals surface area (Å²) in [7, 11) is 0. The van der Waals surface area contributed by atoms with Crippen LogP contribution in [0.1, 0.15) is 71.6 Å². The average molecular weight is 301 g/mol. The number of rotatable bonds is 16. The SMILES string of the molecule is CCNCCCC(N)CCCCCC(N)CCCNCC. The van der Waals surface area contributed by atoms with Crippen LogP contribution in [0.5, 0.6) is 0 Å². The van der Waals surface area contributed by atoms with Gasteiger partial charge in [-0.25, -0.2) is 0 Å². The third kappa shape index (κ3) is 16.0. The van der Waals surface area contributed by atoms with Crippen LogP contribution in [0.2, 0.25) is 0 Å². The fraction of sp³-hybridized carbons (Fsp3) is 1.00. The molecule has 0 saturated heterocycles. The maximum Gasteiger partial charge on any atom is 0.00393 e. The van der Waals surface area contributed by atoms with Gasteiger partial charge in [0, 0.05) is 12.1 Å². The van der Waals surface area contributed by atoms with E-state index in [4.69, 9.17) is 11.5 Å². The summed E-state index contributed by atoms with van der Waals surface area (Å²) in [5, 5.41) is 6.69. The van der Waals surface area contributed by atoms with Crippen LogP contribution in [0.3, 0.4) is 0 Å². The van der Waals surface area contributed by atoms with Gasteiger partial charge in [-0.15, -0.1) is 0 Å². The highest BCUT2D eigenvalue weighted by molar-refractivity contribution is 4.65. The Morgan fingerprint density at radius 2 is 1.00 bits per heavy atom. The first-order valence-electron chi connectivity index (χ1n) is 9.13. The molecule has 0 fully saturated rings. The summed E-state index contributed by atoms with van der Waals surface area (Å²) in [6.07, 6.45) is 10.8. The van der Waals surface area contributed by atoms with Crippen molar-refractivity contribution < 1.29 is 0 Å². The van der Waals surface area contributed by atoms with Gasteiger partial charge in [0.1, 0.15) is 0 Å². The number of nitrogens with one attached hydrogen (secondary N) is 2. The molecule has 0 heterocycles. The van der Waals surface area contributed by atoms with Gasteiger partial charge >= 0.3 is 0 Å². The molecule has 21 heavy (non-hydrogen) atoms. The third-order valence-corrected chi connectivity index (χ3v) is 4.01. The van der Waals surface area contributed by atoms with E-state index in [0.29, 0.717) is 12.1 Å². The van der Waals surface area contributed by atoms with Crippen LogP contribution >= 0.6 is 0 Å². The Morgan fingerprint density at radius 3 is 1.38 bits per heavy atom. The molecule has 6 N–H and O–H groups in total. The molecule has 0 radical (unpaired) electrons. The second-order valence-corrected chi connectivity index (χ2v) is 6.15. The molecule has 0 aromatic heterocycles. The molecule has 128 valence electrons. The summed E-state index contributed by atoms with van der Waals surface area (Å²) in [5.74, 6) is 0. The first kappa shape index (κ1) is 20.8. The van der Waals surface area contributed by atoms with Crippen LogP contribution in [0.15, 0.2) is 0 Å². The molecule has 0 spiro atoms. The van der Waals surface area contributed by atoms with E-state index in [9.17, 15) is 0 Å². The van der Waals surface area contributed by atoms with E-state index in [1.807, 2.05) is 0 Å². The number of hydrogen-bond acceptors (Lipinski definition) is 4. The van der Waals surface area contributed by atoms with Crippen molar-refractivity contribution in [3.05, 3.63) is 0 Å². The molecule has 4 heteroatoms. The van der Waals surface area contributed by atoms with Crippen molar-refractivity contribution in [3.8, 4) is 0 Å². The summed E-state index contributed by atoms with van der Waals surface area (Å²) in [6.45, 7) is 8.61. The average Bonchev–Trinajstić information content (AvgIpc) is 2.48. The van der Waals surface area contributed by atoms with Gasteiger partial charge in [0.05, 0.1) is 0 Å². The molecule has 0 amide bonds. The van der Waals surface area contributed by atoms with Crippen LogP contribution in [-0.4, -0.2) is 38.3 Å². The van der Waals surface area contributed by atoms with Gasteiger partial charge in [-0.05, 0) is 64.7 Å². The number of nitrogens with two attached hydrogens (primary N) is 2. The van der Waals surface area contributed by atoms with E-state index in [2.05, 4.69) is 24.5 Å². The lowest BCUT2D eigenvalue weighted by Crippen LogP contribution is -2.23. The van der Waals surface area contributed by atoms with E-state index in [1.54, 1.807) is 0 Å². The molecule has 2 unspecified atom stereocenters. The molecule has 0 aromatic carbocycles. The molecule has 0 rings (SSSR count). The molecule has 0 aliphatic carbocycles. The van der Waals surface area contributed by atoms with Crippen molar-refractivity contribution in [1.82, 2.24) is 10.6 Å². The molecular formula is C17H40N4. The molecule has 2 atom stereocenters. The van der Waals surface area contributed by atoms with Crippen molar-refractivity contribution in [2.75, 3.05) is 26.2 Å². The summed E-state index contributed by atoms with van der Waals surface area (Å²) < 4.78 is 0.